The summed E-state index contributed by atoms with van der Waals surface area (Å²) in [7, 11) is 1.48. The van der Waals surface area contributed by atoms with Crippen LogP contribution in [0.1, 0.15) is 16.3 Å². The van der Waals surface area contributed by atoms with Gasteiger partial charge >= 0.3 is 0 Å². The van der Waals surface area contributed by atoms with E-state index >= 15 is 0 Å². The van der Waals surface area contributed by atoms with E-state index < -0.39 is 0 Å². The van der Waals surface area contributed by atoms with Crippen LogP contribution in [0.15, 0.2) is 24.7 Å². The Morgan fingerprint density at radius 1 is 1.47 bits per heavy atom. The summed E-state index contributed by atoms with van der Waals surface area (Å²) in [5.41, 5.74) is 0.219. The summed E-state index contributed by atoms with van der Waals surface area (Å²) < 4.78 is 5.02. The third-order valence-corrected chi connectivity index (χ3v) is 1.84. The Balaban J connectivity index is 2.42. The van der Waals surface area contributed by atoms with E-state index in [1.165, 1.54) is 19.6 Å². The van der Waals surface area contributed by atoms with Crippen molar-refractivity contribution < 1.29 is 9.53 Å². The molecule has 0 atom stereocenters. The zero-order valence-corrected chi connectivity index (χ0v) is 7.97. The second-order valence-electron chi connectivity index (χ2n) is 2.72. The molecule has 2 aromatic heterocycles. The first kappa shape index (κ1) is 9.32. The fourth-order valence-electron chi connectivity index (χ4n) is 1.15. The summed E-state index contributed by atoms with van der Waals surface area (Å²) in [6.07, 6.45) is 2.79. The van der Waals surface area contributed by atoms with E-state index in [4.69, 9.17) is 4.74 Å². The number of pyridine rings is 1. The highest BCUT2D eigenvalue weighted by molar-refractivity contribution is 6.06. The highest BCUT2D eigenvalue weighted by Crippen LogP contribution is 2.16. The molecule has 2 rings (SSSR count). The molecule has 0 spiro atoms. The number of carbonyl (C=O) groups is 1. The minimum absolute atomic E-state index is 0.145. The van der Waals surface area contributed by atoms with Crippen LogP contribution in [-0.4, -0.2) is 33.1 Å². The van der Waals surface area contributed by atoms with Crippen LogP contribution < -0.4 is 4.74 Å². The third-order valence-electron chi connectivity index (χ3n) is 1.84. The van der Waals surface area contributed by atoms with Gasteiger partial charge in [0.05, 0.1) is 7.11 Å². The van der Waals surface area contributed by atoms with Crippen molar-refractivity contribution in [1.82, 2.24) is 20.2 Å². The minimum atomic E-state index is -0.343. The first-order chi connectivity index (χ1) is 7.33. The van der Waals surface area contributed by atoms with Gasteiger partial charge in [0.2, 0.25) is 0 Å². The third kappa shape index (κ3) is 1.69. The molecule has 2 heterocycles. The number of aromatic nitrogens is 4. The van der Waals surface area contributed by atoms with Crippen LogP contribution in [0.25, 0.3) is 0 Å². The second kappa shape index (κ2) is 3.87. The molecule has 0 bridgehead atoms. The number of hydrogen-bond acceptors (Lipinski definition) is 5. The van der Waals surface area contributed by atoms with E-state index in [1.54, 1.807) is 12.1 Å². The maximum absolute atomic E-state index is 11.8. The monoisotopic (exact) mass is 204 g/mol. The molecule has 0 aliphatic rings. The van der Waals surface area contributed by atoms with Gasteiger partial charge in [-0.25, -0.2) is 9.97 Å². The van der Waals surface area contributed by atoms with Crippen LogP contribution in [-0.2, 0) is 0 Å². The van der Waals surface area contributed by atoms with Crippen LogP contribution in [0, 0.1) is 0 Å². The first-order valence-electron chi connectivity index (χ1n) is 4.22. The molecule has 0 unspecified atom stereocenters. The number of hydrogen-bond donors (Lipinski definition) is 1. The number of ketones is 1. The Bertz CT molecular complexity index is 467. The molecule has 1 N–H and O–H groups in total. The molecule has 0 aliphatic carbocycles. The number of carbonyl (C=O) groups excluding carboxylic acids is 1. The number of aromatic amines is 1. The molecule has 0 fully saturated rings. The lowest BCUT2D eigenvalue weighted by molar-refractivity contribution is 0.102. The van der Waals surface area contributed by atoms with E-state index in [0.29, 0.717) is 5.75 Å². The molecule has 0 saturated carbocycles. The van der Waals surface area contributed by atoms with Gasteiger partial charge in [0.15, 0.2) is 11.5 Å². The topological polar surface area (TPSA) is 80.8 Å². The first-order valence-corrected chi connectivity index (χ1v) is 4.22. The van der Waals surface area contributed by atoms with Crippen LogP contribution >= 0.6 is 0 Å². The van der Waals surface area contributed by atoms with Crippen molar-refractivity contribution in [2.75, 3.05) is 7.11 Å². The van der Waals surface area contributed by atoms with Crippen molar-refractivity contribution >= 4 is 5.78 Å². The van der Waals surface area contributed by atoms with E-state index in [2.05, 4.69) is 20.2 Å². The average Bonchev–Trinajstić information content (AvgIpc) is 2.81. The van der Waals surface area contributed by atoms with E-state index in [-0.39, 0.29) is 17.3 Å². The van der Waals surface area contributed by atoms with Gasteiger partial charge in [-0.3, -0.25) is 9.89 Å². The predicted octanol–water partition coefficient (Wildman–Crippen LogP) is 0.439. The highest BCUT2D eigenvalue weighted by atomic mass is 16.5. The van der Waals surface area contributed by atoms with Crippen molar-refractivity contribution in [3.63, 3.8) is 0 Å². The van der Waals surface area contributed by atoms with Gasteiger partial charge in [-0.2, -0.15) is 5.10 Å². The number of H-pyrrole nitrogens is 1. The van der Waals surface area contributed by atoms with Crippen molar-refractivity contribution in [1.29, 1.82) is 0 Å². The lowest BCUT2D eigenvalue weighted by atomic mass is 10.2. The summed E-state index contributed by atoms with van der Waals surface area (Å²) in [5, 5.41) is 6.08. The Labute approximate surface area is 85.3 Å². The van der Waals surface area contributed by atoms with Gasteiger partial charge in [-0.05, 0) is 12.1 Å². The van der Waals surface area contributed by atoms with Crippen LogP contribution in [0.2, 0.25) is 0 Å². The second-order valence-corrected chi connectivity index (χ2v) is 2.72. The van der Waals surface area contributed by atoms with Gasteiger partial charge in [0, 0.05) is 6.20 Å². The molecule has 0 amide bonds. The summed E-state index contributed by atoms with van der Waals surface area (Å²) in [6, 6.07) is 3.35. The van der Waals surface area contributed by atoms with Gasteiger partial charge < -0.3 is 4.74 Å². The zero-order chi connectivity index (χ0) is 10.7. The number of methoxy groups -OCH3 is 1. The smallest absolute Gasteiger partial charge is 0.251 e. The molecule has 2 aromatic rings. The number of ether oxygens (including phenoxy) is 1. The Morgan fingerprint density at radius 3 is 3.00 bits per heavy atom. The Morgan fingerprint density at radius 2 is 2.33 bits per heavy atom. The van der Waals surface area contributed by atoms with Crippen LogP contribution in [0.5, 0.6) is 5.75 Å². The molecule has 76 valence electrons. The molecule has 0 saturated heterocycles. The average molecular weight is 204 g/mol. The molecular weight excluding hydrogens is 196 g/mol. The van der Waals surface area contributed by atoms with Crippen molar-refractivity contribution in [2.45, 2.75) is 0 Å². The van der Waals surface area contributed by atoms with Gasteiger partial charge in [0.1, 0.15) is 12.1 Å². The summed E-state index contributed by atoms with van der Waals surface area (Å²) in [6.45, 7) is 0. The normalized spacial score (nSPS) is 9.93. The molecule has 0 radical (unpaired) electrons. The van der Waals surface area contributed by atoms with E-state index in [0.717, 1.165) is 0 Å². The summed E-state index contributed by atoms with van der Waals surface area (Å²) in [4.78, 5) is 19.5. The molecule has 0 aliphatic heterocycles. The number of nitrogens with one attached hydrogen (secondary N) is 1. The fourth-order valence-corrected chi connectivity index (χ4v) is 1.15. The predicted molar refractivity (Wildman–Crippen MR) is 50.6 cm³/mol. The summed E-state index contributed by atoms with van der Waals surface area (Å²) in [5.74, 6) is 0.218. The van der Waals surface area contributed by atoms with Crippen LogP contribution in [0.3, 0.4) is 0 Å². The standard InChI is InChI=1S/C9H8N4O2/c1-15-6-3-2-4-10-7(6)8(14)9-11-5-12-13-9/h2-5H,1H3,(H,11,12,13). The van der Waals surface area contributed by atoms with Crippen molar-refractivity contribution in [3.8, 4) is 5.75 Å². The van der Waals surface area contributed by atoms with Gasteiger partial charge in [-0.1, -0.05) is 0 Å². The zero-order valence-electron chi connectivity index (χ0n) is 7.97. The quantitative estimate of drug-likeness (QED) is 0.733. The molecule has 6 nitrogen and oxygen atoms in total. The van der Waals surface area contributed by atoms with Crippen molar-refractivity contribution in [3.05, 3.63) is 36.2 Å². The van der Waals surface area contributed by atoms with E-state index in [1.807, 2.05) is 0 Å². The lowest BCUT2D eigenvalue weighted by Gasteiger charge is -2.03. The van der Waals surface area contributed by atoms with Gasteiger partial charge in [0.25, 0.3) is 5.78 Å². The maximum Gasteiger partial charge on any atom is 0.251 e. The van der Waals surface area contributed by atoms with Crippen molar-refractivity contribution in [2.24, 2.45) is 0 Å². The Hall–Kier alpha value is -2.24. The summed E-state index contributed by atoms with van der Waals surface area (Å²) >= 11 is 0. The molecule has 0 aromatic carbocycles. The molecule has 6 heteroatoms. The Kier molecular flexibility index (Phi) is 2.40. The highest BCUT2D eigenvalue weighted by Gasteiger charge is 2.17. The minimum Gasteiger partial charge on any atom is -0.494 e. The molecule has 15 heavy (non-hydrogen) atoms. The number of rotatable bonds is 3. The largest absolute Gasteiger partial charge is 0.494 e. The fraction of sp³-hybridized carbons (Fsp3) is 0.111. The van der Waals surface area contributed by atoms with E-state index in [9.17, 15) is 4.79 Å². The lowest BCUT2D eigenvalue weighted by Crippen LogP contribution is -2.08. The van der Waals surface area contributed by atoms with Gasteiger partial charge in [-0.15, -0.1) is 0 Å². The number of nitrogens with zero attached hydrogens (tertiary/aromatic N) is 3. The molecular formula is C9H8N4O2. The SMILES string of the molecule is COc1cccnc1C(=O)c1ncn[nH]1. The van der Waals surface area contributed by atoms with Crippen LogP contribution in [0.4, 0.5) is 0 Å². The maximum atomic E-state index is 11.8.